The first-order chi connectivity index (χ1) is 6.98. The monoisotopic (exact) mass is 207 g/mol. The summed E-state index contributed by atoms with van der Waals surface area (Å²) in [6.45, 7) is 7.19. The highest BCUT2D eigenvalue weighted by atomic mass is 16.6. The number of nitrogens with two attached hydrogens (primary N) is 1. The van der Waals surface area contributed by atoms with Gasteiger partial charge in [-0.15, -0.1) is 0 Å². The second-order valence-corrected chi connectivity index (χ2v) is 4.56. The van der Waals surface area contributed by atoms with Crippen LogP contribution in [0.1, 0.15) is 25.0 Å². The molecule has 82 valence electrons. The normalized spacial score (nSPS) is 15.2. The van der Waals surface area contributed by atoms with Gasteiger partial charge in [0.05, 0.1) is 0 Å². The maximum atomic E-state index is 6.11. The van der Waals surface area contributed by atoms with Crippen LogP contribution in [0, 0.1) is 6.92 Å². The lowest BCUT2D eigenvalue weighted by molar-refractivity contribution is 0.167. The molecule has 0 spiro atoms. The molecular formula is C12H17NO2. The number of rotatable bonds is 1. The van der Waals surface area contributed by atoms with Crippen LogP contribution >= 0.6 is 0 Å². The Labute approximate surface area is 90.2 Å². The van der Waals surface area contributed by atoms with Crippen LogP contribution < -0.4 is 15.2 Å². The number of fused-ring (bicyclic) bond motifs is 1. The van der Waals surface area contributed by atoms with Crippen LogP contribution in [-0.4, -0.2) is 13.2 Å². The van der Waals surface area contributed by atoms with E-state index in [0.29, 0.717) is 13.2 Å². The number of hydrogen-bond acceptors (Lipinski definition) is 3. The highest BCUT2D eigenvalue weighted by Crippen LogP contribution is 2.39. The van der Waals surface area contributed by atoms with Gasteiger partial charge in [-0.25, -0.2) is 0 Å². The Bertz CT molecular complexity index is 380. The van der Waals surface area contributed by atoms with Gasteiger partial charge in [-0.1, -0.05) is 6.07 Å². The van der Waals surface area contributed by atoms with Crippen LogP contribution in [0.5, 0.6) is 11.5 Å². The van der Waals surface area contributed by atoms with Crippen molar-refractivity contribution in [3.8, 4) is 11.5 Å². The van der Waals surface area contributed by atoms with Crippen molar-refractivity contribution in [2.24, 2.45) is 5.73 Å². The van der Waals surface area contributed by atoms with Gasteiger partial charge in [0.15, 0.2) is 11.5 Å². The molecule has 0 saturated heterocycles. The second-order valence-electron chi connectivity index (χ2n) is 4.56. The van der Waals surface area contributed by atoms with E-state index in [1.165, 1.54) is 0 Å². The Kier molecular flexibility index (Phi) is 2.35. The summed E-state index contributed by atoms with van der Waals surface area (Å²) in [6.07, 6.45) is 0. The summed E-state index contributed by atoms with van der Waals surface area (Å²) in [5.41, 5.74) is 7.87. The molecule has 1 aliphatic rings. The van der Waals surface area contributed by atoms with Gasteiger partial charge in [-0.05, 0) is 32.4 Å². The van der Waals surface area contributed by atoms with Crippen LogP contribution in [0.3, 0.4) is 0 Å². The van der Waals surface area contributed by atoms with Crippen LogP contribution in [0.25, 0.3) is 0 Å². The third kappa shape index (κ3) is 1.92. The van der Waals surface area contributed by atoms with E-state index < -0.39 is 5.54 Å². The van der Waals surface area contributed by atoms with E-state index in [1.807, 2.05) is 26.8 Å². The minimum absolute atomic E-state index is 0.406. The summed E-state index contributed by atoms with van der Waals surface area (Å²) >= 11 is 0. The molecule has 1 aromatic carbocycles. The quantitative estimate of drug-likeness (QED) is 0.765. The lowest BCUT2D eigenvalue weighted by Gasteiger charge is -2.27. The van der Waals surface area contributed by atoms with Gasteiger partial charge in [0.2, 0.25) is 0 Å². The van der Waals surface area contributed by atoms with E-state index in [-0.39, 0.29) is 0 Å². The zero-order valence-electron chi connectivity index (χ0n) is 9.46. The van der Waals surface area contributed by atoms with Gasteiger partial charge in [-0.2, -0.15) is 0 Å². The van der Waals surface area contributed by atoms with Crippen LogP contribution in [0.2, 0.25) is 0 Å². The van der Waals surface area contributed by atoms with Gasteiger partial charge < -0.3 is 15.2 Å². The van der Waals surface area contributed by atoms with Crippen molar-refractivity contribution >= 4 is 0 Å². The first kappa shape index (κ1) is 10.3. The smallest absolute Gasteiger partial charge is 0.166 e. The molecule has 2 rings (SSSR count). The molecule has 3 heteroatoms. The van der Waals surface area contributed by atoms with Gasteiger partial charge in [-0.3, -0.25) is 0 Å². The number of hydrogen-bond donors (Lipinski definition) is 1. The largest absolute Gasteiger partial charge is 0.486 e. The maximum Gasteiger partial charge on any atom is 0.166 e. The fourth-order valence-electron chi connectivity index (χ4n) is 1.77. The summed E-state index contributed by atoms with van der Waals surface area (Å²) in [5.74, 6) is 1.62. The van der Waals surface area contributed by atoms with Crippen LogP contribution in [0.15, 0.2) is 12.1 Å². The topological polar surface area (TPSA) is 44.5 Å². The first-order valence-corrected chi connectivity index (χ1v) is 5.18. The molecule has 1 aliphatic heterocycles. The molecule has 0 aliphatic carbocycles. The Morgan fingerprint density at radius 1 is 1.20 bits per heavy atom. The summed E-state index contributed by atoms with van der Waals surface area (Å²) in [7, 11) is 0. The van der Waals surface area contributed by atoms with Crippen molar-refractivity contribution in [1.82, 2.24) is 0 Å². The third-order valence-electron chi connectivity index (χ3n) is 2.48. The van der Waals surface area contributed by atoms with Gasteiger partial charge in [0, 0.05) is 11.1 Å². The predicted molar refractivity (Wildman–Crippen MR) is 59.4 cm³/mol. The highest BCUT2D eigenvalue weighted by molar-refractivity contribution is 5.52. The first-order valence-electron chi connectivity index (χ1n) is 5.18. The standard InChI is InChI=1S/C12H17NO2/c1-8-6-9(12(2,3)13)11-10(7-8)14-4-5-15-11/h6-7H,4-5,13H2,1-3H3. The van der Waals surface area contributed by atoms with Crippen molar-refractivity contribution in [2.75, 3.05) is 13.2 Å². The lowest BCUT2D eigenvalue weighted by Crippen LogP contribution is -2.31. The Morgan fingerprint density at radius 2 is 1.87 bits per heavy atom. The minimum Gasteiger partial charge on any atom is -0.486 e. The Hall–Kier alpha value is -1.22. The third-order valence-corrected chi connectivity index (χ3v) is 2.48. The van der Waals surface area contributed by atoms with Crippen LogP contribution in [-0.2, 0) is 5.54 Å². The number of aryl methyl sites for hydroxylation is 1. The molecule has 0 saturated carbocycles. The zero-order chi connectivity index (χ0) is 11.1. The molecule has 0 radical (unpaired) electrons. The Morgan fingerprint density at radius 3 is 2.53 bits per heavy atom. The van der Waals surface area contributed by atoms with Gasteiger partial charge in [0.1, 0.15) is 13.2 Å². The zero-order valence-corrected chi connectivity index (χ0v) is 9.46. The fourth-order valence-corrected chi connectivity index (χ4v) is 1.77. The van der Waals surface area contributed by atoms with E-state index in [0.717, 1.165) is 22.6 Å². The average Bonchev–Trinajstić information content (AvgIpc) is 2.15. The molecular weight excluding hydrogens is 190 g/mol. The number of ether oxygens (including phenoxy) is 2. The summed E-state index contributed by atoms with van der Waals surface area (Å²) in [6, 6.07) is 4.05. The van der Waals surface area contributed by atoms with Crippen molar-refractivity contribution < 1.29 is 9.47 Å². The SMILES string of the molecule is Cc1cc2c(c(C(C)(C)N)c1)OCCO2. The van der Waals surface area contributed by atoms with Crippen LogP contribution in [0.4, 0.5) is 0 Å². The van der Waals surface area contributed by atoms with Crippen molar-refractivity contribution in [3.05, 3.63) is 23.3 Å². The molecule has 3 nitrogen and oxygen atoms in total. The van der Waals surface area contributed by atoms with E-state index in [2.05, 4.69) is 6.07 Å². The van der Waals surface area contributed by atoms with E-state index in [9.17, 15) is 0 Å². The summed E-state index contributed by atoms with van der Waals surface area (Å²) in [5, 5.41) is 0. The van der Waals surface area contributed by atoms with Crippen molar-refractivity contribution in [1.29, 1.82) is 0 Å². The van der Waals surface area contributed by atoms with Crippen molar-refractivity contribution in [2.45, 2.75) is 26.3 Å². The number of benzene rings is 1. The lowest BCUT2D eigenvalue weighted by atomic mass is 9.92. The molecule has 1 aromatic rings. The molecule has 0 unspecified atom stereocenters. The van der Waals surface area contributed by atoms with Gasteiger partial charge in [0.25, 0.3) is 0 Å². The summed E-state index contributed by atoms with van der Waals surface area (Å²) < 4.78 is 11.2. The highest BCUT2D eigenvalue weighted by Gasteiger charge is 2.25. The molecule has 1 heterocycles. The maximum absolute atomic E-state index is 6.11. The molecule has 0 fully saturated rings. The molecule has 0 bridgehead atoms. The Balaban J connectivity index is 2.58. The van der Waals surface area contributed by atoms with E-state index >= 15 is 0 Å². The molecule has 0 aromatic heterocycles. The molecule has 2 N–H and O–H groups in total. The minimum atomic E-state index is -0.406. The van der Waals surface area contributed by atoms with Crippen molar-refractivity contribution in [3.63, 3.8) is 0 Å². The van der Waals surface area contributed by atoms with Gasteiger partial charge >= 0.3 is 0 Å². The molecule has 15 heavy (non-hydrogen) atoms. The summed E-state index contributed by atoms with van der Waals surface area (Å²) in [4.78, 5) is 0. The molecule has 0 atom stereocenters. The molecule has 0 amide bonds. The van der Waals surface area contributed by atoms with E-state index in [4.69, 9.17) is 15.2 Å². The second kappa shape index (κ2) is 3.42. The average molecular weight is 207 g/mol. The van der Waals surface area contributed by atoms with E-state index in [1.54, 1.807) is 0 Å². The fraction of sp³-hybridized carbons (Fsp3) is 0.500. The predicted octanol–water partition coefficient (Wildman–Crippen LogP) is 1.96.